The molecule has 0 amide bonds. The Morgan fingerprint density at radius 3 is 2.14 bits per heavy atom. The minimum Gasteiger partial charge on any atom is -0.876 e. The normalized spacial score (nSPS) is 10.3. The smallest absolute Gasteiger partial charge is 0.876 e. The van der Waals surface area contributed by atoms with Crippen LogP contribution in [0.2, 0.25) is 0 Å². The molecule has 0 spiro atoms. The van der Waals surface area contributed by atoms with Crippen LogP contribution in [0.5, 0.6) is 0 Å². The van der Waals surface area contributed by atoms with Crippen molar-refractivity contribution in [1.29, 1.82) is 0 Å². The SMILES string of the molecule is CC=C([O-])CC.[Li+]. The van der Waals surface area contributed by atoms with E-state index in [2.05, 4.69) is 0 Å². The molecule has 0 radical (unpaired) electrons. The summed E-state index contributed by atoms with van der Waals surface area (Å²) < 4.78 is 0. The molecule has 0 saturated heterocycles. The summed E-state index contributed by atoms with van der Waals surface area (Å²) >= 11 is 0. The second kappa shape index (κ2) is 6.14. The Labute approximate surface area is 56.6 Å². The summed E-state index contributed by atoms with van der Waals surface area (Å²) in [6.07, 6.45) is 2.22. The summed E-state index contributed by atoms with van der Waals surface area (Å²) in [5, 5.41) is 10.1. The number of hydrogen-bond acceptors (Lipinski definition) is 1. The van der Waals surface area contributed by atoms with Crippen molar-refractivity contribution in [2.75, 3.05) is 0 Å². The Morgan fingerprint density at radius 1 is 1.71 bits per heavy atom. The van der Waals surface area contributed by atoms with Crippen LogP contribution in [0, 0.1) is 0 Å². The maximum absolute atomic E-state index is 10.1. The summed E-state index contributed by atoms with van der Waals surface area (Å²) in [5.41, 5.74) is 0. The quantitative estimate of drug-likeness (QED) is 0.263. The van der Waals surface area contributed by atoms with Gasteiger partial charge in [-0.25, -0.2) is 0 Å². The van der Waals surface area contributed by atoms with Crippen molar-refractivity contribution in [3.8, 4) is 0 Å². The molecule has 0 aliphatic carbocycles. The van der Waals surface area contributed by atoms with E-state index in [0.717, 1.165) is 0 Å². The Kier molecular flexibility index (Phi) is 8.93. The van der Waals surface area contributed by atoms with Crippen LogP contribution in [-0.2, 0) is 0 Å². The third-order valence-corrected chi connectivity index (χ3v) is 0.670. The van der Waals surface area contributed by atoms with Crippen LogP contribution in [0.15, 0.2) is 11.8 Å². The molecule has 0 aliphatic rings. The maximum atomic E-state index is 10.1. The molecule has 0 fully saturated rings. The molecule has 0 aliphatic heterocycles. The molecule has 0 aromatic heterocycles. The molecule has 0 heterocycles. The van der Waals surface area contributed by atoms with Crippen molar-refractivity contribution in [3.05, 3.63) is 11.8 Å². The van der Waals surface area contributed by atoms with E-state index in [1.165, 1.54) is 0 Å². The van der Waals surface area contributed by atoms with Crippen molar-refractivity contribution < 1.29 is 24.0 Å². The van der Waals surface area contributed by atoms with Gasteiger partial charge >= 0.3 is 18.9 Å². The van der Waals surface area contributed by atoms with Crippen LogP contribution in [0.1, 0.15) is 20.3 Å². The molecule has 0 aromatic carbocycles. The Bertz CT molecular complexity index is 59.1. The molecule has 7 heavy (non-hydrogen) atoms. The largest absolute Gasteiger partial charge is 1.00 e. The summed E-state index contributed by atoms with van der Waals surface area (Å²) in [6, 6.07) is 0. The van der Waals surface area contributed by atoms with Crippen molar-refractivity contribution in [2.24, 2.45) is 0 Å². The third-order valence-electron chi connectivity index (χ3n) is 0.670. The van der Waals surface area contributed by atoms with Gasteiger partial charge in [-0.3, -0.25) is 0 Å². The molecule has 0 rings (SSSR count). The average molecular weight is 92.1 g/mol. The average Bonchev–Trinajstić information content (AvgIpc) is 1.65. The van der Waals surface area contributed by atoms with Crippen LogP contribution in [0.25, 0.3) is 0 Å². The first-order valence-corrected chi connectivity index (χ1v) is 2.13. The van der Waals surface area contributed by atoms with Crippen LogP contribution in [-0.4, -0.2) is 0 Å². The second-order valence-corrected chi connectivity index (χ2v) is 1.11. The molecule has 0 saturated carbocycles. The summed E-state index contributed by atoms with van der Waals surface area (Å²) in [6.45, 7) is 3.61. The molecule has 36 valence electrons. The van der Waals surface area contributed by atoms with E-state index in [4.69, 9.17) is 0 Å². The fraction of sp³-hybridized carbons (Fsp3) is 0.600. The zero-order chi connectivity index (χ0) is 4.99. The van der Waals surface area contributed by atoms with E-state index in [-0.39, 0.29) is 24.6 Å². The van der Waals surface area contributed by atoms with Crippen LogP contribution in [0.3, 0.4) is 0 Å². The second-order valence-electron chi connectivity index (χ2n) is 1.11. The molecule has 0 N–H and O–H groups in total. The summed E-state index contributed by atoms with van der Waals surface area (Å²) in [5.74, 6) is 0.218. The van der Waals surface area contributed by atoms with Gasteiger partial charge in [-0.2, -0.15) is 0 Å². The third kappa shape index (κ3) is 6.14. The topological polar surface area (TPSA) is 23.1 Å². The van der Waals surface area contributed by atoms with Gasteiger partial charge in [0.25, 0.3) is 0 Å². The van der Waals surface area contributed by atoms with Crippen molar-refractivity contribution >= 4 is 0 Å². The van der Waals surface area contributed by atoms with Crippen molar-refractivity contribution in [3.63, 3.8) is 0 Å². The van der Waals surface area contributed by atoms with Crippen LogP contribution in [0.4, 0.5) is 0 Å². The first-order chi connectivity index (χ1) is 2.81. The van der Waals surface area contributed by atoms with E-state index < -0.39 is 0 Å². The van der Waals surface area contributed by atoms with E-state index >= 15 is 0 Å². The molecule has 0 unspecified atom stereocenters. The van der Waals surface area contributed by atoms with Crippen molar-refractivity contribution in [1.82, 2.24) is 0 Å². The fourth-order valence-electron chi connectivity index (χ4n) is 0.204. The van der Waals surface area contributed by atoms with E-state index in [0.29, 0.717) is 6.42 Å². The molecule has 2 heteroatoms. The van der Waals surface area contributed by atoms with E-state index in [9.17, 15) is 5.11 Å². The van der Waals surface area contributed by atoms with Gasteiger partial charge in [-0.15, -0.1) is 5.76 Å². The van der Waals surface area contributed by atoms with Crippen LogP contribution >= 0.6 is 0 Å². The number of hydrogen-bond donors (Lipinski definition) is 0. The Balaban J connectivity index is 0. The first kappa shape index (κ1) is 10.2. The monoisotopic (exact) mass is 92.1 g/mol. The molecular formula is C5H9LiO. The maximum Gasteiger partial charge on any atom is 1.00 e. The van der Waals surface area contributed by atoms with Gasteiger partial charge in [0, 0.05) is 0 Å². The van der Waals surface area contributed by atoms with Gasteiger partial charge in [0.05, 0.1) is 0 Å². The van der Waals surface area contributed by atoms with Gasteiger partial charge in [0.15, 0.2) is 0 Å². The van der Waals surface area contributed by atoms with E-state index in [1.54, 1.807) is 13.0 Å². The minimum atomic E-state index is 0. The zero-order valence-corrected chi connectivity index (χ0v) is 5.19. The predicted molar refractivity (Wildman–Crippen MR) is 24.0 cm³/mol. The summed E-state index contributed by atoms with van der Waals surface area (Å²) in [4.78, 5) is 0. The molecule has 0 aromatic rings. The number of allylic oxidation sites excluding steroid dienone is 2. The number of rotatable bonds is 1. The van der Waals surface area contributed by atoms with Gasteiger partial charge in [0.2, 0.25) is 0 Å². The van der Waals surface area contributed by atoms with Crippen molar-refractivity contribution in [2.45, 2.75) is 20.3 Å². The Morgan fingerprint density at radius 2 is 2.14 bits per heavy atom. The van der Waals surface area contributed by atoms with Gasteiger partial charge in [-0.1, -0.05) is 13.0 Å². The predicted octanol–water partition coefficient (Wildman–Crippen LogP) is -2.34. The molecule has 0 atom stereocenters. The van der Waals surface area contributed by atoms with E-state index in [1.807, 2.05) is 6.92 Å². The molecule has 1 nitrogen and oxygen atoms in total. The molecular weight excluding hydrogens is 83.0 g/mol. The Hall–Kier alpha value is 0.137. The first-order valence-electron chi connectivity index (χ1n) is 2.13. The minimum absolute atomic E-state index is 0. The van der Waals surface area contributed by atoms with Crippen LogP contribution < -0.4 is 24.0 Å². The van der Waals surface area contributed by atoms with Gasteiger partial charge < -0.3 is 5.11 Å². The zero-order valence-electron chi connectivity index (χ0n) is 5.19. The fourth-order valence-corrected chi connectivity index (χ4v) is 0.204. The standard InChI is InChI=1S/C5H10O.Li/c1-3-5(6)4-2;/h3,6H,4H2,1-2H3;/q;+1/p-1. The molecule has 0 bridgehead atoms. The summed E-state index contributed by atoms with van der Waals surface area (Å²) in [7, 11) is 0. The van der Waals surface area contributed by atoms with Gasteiger partial charge in [0.1, 0.15) is 0 Å². The van der Waals surface area contributed by atoms with Gasteiger partial charge in [-0.05, 0) is 13.3 Å².